The molecule has 3 unspecified atom stereocenters. The highest BCUT2D eigenvalue weighted by Crippen LogP contribution is 2.40. The highest BCUT2D eigenvalue weighted by atomic mass is 16.5. The average Bonchev–Trinajstić information content (AvgIpc) is 3.54. The first-order chi connectivity index (χ1) is 23.2. The van der Waals surface area contributed by atoms with Crippen LogP contribution in [-0.2, 0) is 0 Å². The Bertz CT molecular complexity index is 1510. The van der Waals surface area contributed by atoms with Crippen LogP contribution in [0.4, 0.5) is 5.69 Å². The molecule has 262 valence electrons. The predicted molar refractivity (Wildman–Crippen MR) is 192 cm³/mol. The fourth-order valence-electron chi connectivity index (χ4n) is 5.85. The van der Waals surface area contributed by atoms with Gasteiger partial charge in [-0.25, -0.2) is 0 Å². The summed E-state index contributed by atoms with van der Waals surface area (Å²) in [4.78, 5) is 19.5. The summed E-state index contributed by atoms with van der Waals surface area (Å²) in [5, 5.41) is 9.47. The Morgan fingerprint density at radius 1 is 0.875 bits per heavy atom. The number of aromatic hydroxyl groups is 1. The molecule has 2 aliphatic rings. The van der Waals surface area contributed by atoms with Gasteiger partial charge in [0.2, 0.25) is 0 Å². The minimum absolute atomic E-state index is 0.0410. The van der Waals surface area contributed by atoms with Crippen LogP contribution in [-0.4, -0.2) is 62.1 Å². The van der Waals surface area contributed by atoms with Crippen LogP contribution in [0, 0.1) is 12.8 Å². The van der Waals surface area contributed by atoms with Crippen LogP contribution < -0.4 is 23.7 Å². The third kappa shape index (κ3) is 9.58. The number of aliphatic imine (C=N–C) groups is 1. The molecule has 1 N–H and O–H groups in total. The van der Waals surface area contributed by atoms with E-state index < -0.39 is 0 Å². The van der Waals surface area contributed by atoms with Crippen molar-refractivity contribution < 1.29 is 33.6 Å². The molecule has 5 rings (SSSR count). The second-order valence-corrected chi connectivity index (χ2v) is 11.8. The number of benzene rings is 3. The quantitative estimate of drug-likeness (QED) is 0.206. The van der Waals surface area contributed by atoms with E-state index in [-0.39, 0.29) is 23.8 Å². The Morgan fingerprint density at radius 2 is 1.56 bits per heavy atom. The standard InChI is InChI=1S/C22H32N2O3.C15H16O4.C2H6/c1-5-8-15(3)19(9-6-2)27-21-13-18-17(12-20(21)26-4)22(25)24-11-7-10-16(24)14-23-18;1-10-4-5-11(16)8-14(10)19-12-6-7-13(17-2)15(9-12)18-3;1-2/h12-16,19H,5-11H2,1-4H3;4-9,16H,1-3H3;1-2H3. The first-order valence-electron chi connectivity index (χ1n) is 17.2. The van der Waals surface area contributed by atoms with E-state index in [1.807, 2.05) is 38.0 Å². The van der Waals surface area contributed by atoms with Gasteiger partial charge >= 0.3 is 0 Å². The molecule has 2 aliphatic heterocycles. The van der Waals surface area contributed by atoms with Crippen molar-refractivity contribution in [3.05, 3.63) is 59.7 Å². The highest BCUT2D eigenvalue weighted by Gasteiger charge is 2.33. The molecular formula is C39H54N2O7. The summed E-state index contributed by atoms with van der Waals surface area (Å²) < 4.78 is 28.1. The molecule has 0 aliphatic carbocycles. The predicted octanol–water partition coefficient (Wildman–Crippen LogP) is 9.54. The summed E-state index contributed by atoms with van der Waals surface area (Å²) in [6, 6.07) is 14.1. The number of aryl methyl sites for hydroxylation is 1. The van der Waals surface area contributed by atoms with E-state index in [2.05, 4.69) is 25.8 Å². The van der Waals surface area contributed by atoms with Crippen LogP contribution in [0.5, 0.6) is 40.2 Å². The maximum atomic E-state index is 13.0. The van der Waals surface area contributed by atoms with Crippen molar-refractivity contribution in [3.63, 3.8) is 0 Å². The second kappa shape index (κ2) is 18.8. The third-order valence-corrected chi connectivity index (χ3v) is 8.44. The Balaban J connectivity index is 0.000000262. The lowest BCUT2D eigenvalue weighted by Crippen LogP contribution is -2.35. The molecule has 1 amide bonds. The largest absolute Gasteiger partial charge is 0.508 e. The SMILES string of the molecule is CC.CCCC(C)C(CCC)Oc1cc2c(cc1OC)C(=O)N1CCCC1C=N2.COc1ccc(Oc2cc(O)ccc2C)cc1OC. The smallest absolute Gasteiger partial charge is 0.256 e. The van der Waals surface area contributed by atoms with E-state index in [1.54, 1.807) is 63.8 Å². The minimum Gasteiger partial charge on any atom is -0.508 e. The maximum Gasteiger partial charge on any atom is 0.256 e. The first kappa shape index (κ1) is 38.1. The molecule has 1 saturated heterocycles. The zero-order valence-corrected chi connectivity index (χ0v) is 30.2. The van der Waals surface area contributed by atoms with Gasteiger partial charge in [0.1, 0.15) is 23.4 Å². The maximum absolute atomic E-state index is 13.0. The number of nitrogens with zero attached hydrogens (tertiary/aromatic N) is 2. The van der Waals surface area contributed by atoms with Crippen molar-refractivity contribution in [2.75, 3.05) is 27.9 Å². The van der Waals surface area contributed by atoms with Gasteiger partial charge in [0.15, 0.2) is 23.0 Å². The monoisotopic (exact) mass is 662 g/mol. The van der Waals surface area contributed by atoms with Gasteiger partial charge in [0, 0.05) is 31.0 Å². The van der Waals surface area contributed by atoms with Crippen LogP contribution in [0.2, 0.25) is 0 Å². The lowest BCUT2D eigenvalue weighted by molar-refractivity contribution is 0.0774. The molecule has 48 heavy (non-hydrogen) atoms. The molecule has 9 heteroatoms. The first-order valence-corrected chi connectivity index (χ1v) is 17.2. The van der Waals surface area contributed by atoms with Crippen molar-refractivity contribution in [2.45, 2.75) is 92.2 Å². The number of hydrogen-bond donors (Lipinski definition) is 1. The van der Waals surface area contributed by atoms with Gasteiger partial charge in [0.05, 0.1) is 38.6 Å². The molecule has 0 spiro atoms. The molecule has 9 nitrogen and oxygen atoms in total. The summed E-state index contributed by atoms with van der Waals surface area (Å²) in [7, 11) is 4.78. The summed E-state index contributed by atoms with van der Waals surface area (Å²) in [6.45, 7) is 13.3. The molecule has 0 bridgehead atoms. The molecule has 3 atom stereocenters. The molecule has 0 radical (unpaired) electrons. The zero-order valence-electron chi connectivity index (χ0n) is 30.2. The number of amides is 1. The van der Waals surface area contributed by atoms with Gasteiger partial charge in [-0.15, -0.1) is 0 Å². The Kier molecular flexibility index (Phi) is 14.9. The third-order valence-electron chi connectivity index (χ3n) is 8.44. The highest BCUT2D eigenvalue weighted by molar-refractivity contribution is 6.03. The Labute approximate surface area is 286 Å². The number of hydrogen-bond acceptors (Lipinski definition) is 8. The van der Waals surface area contributed by atoms with Crippen LogP contribution in [0.15, 0.2) is 53.5 Å². The molecule has 3 aromatic rings. The van der Waals surface area contributed by atoms with Gasteiger partial charge < -0.3 is 33.7 Å². The van der Waals surface area contributed by atoms with E-state index in [1.165, 1.54) is 0 Å². The minimum atomic E-state index is 0.0410. The van der Waals surface area contributed by atoms with Crippen LogP contribution >= 0.6 is 0 Å². The fourth-order valence-corrected chi connectivity index (χ4v) is 5.85. The number of phenolic OH excluding ortho intramolecular Hbond substituents is 1. The molecular weight excluding hydrogens is 608 g/mol. The van der Waals surface area contributed by atoms with Gasteiger partial charge in [-0.05, 0) is 68.4 Å². The topological polar surface area (TPSA) is 99.1 Å². The summed E-state index contributed by atoms with van der Waals surface area (Å²) in [6.07, 6.45) is 8.40. The van der Waals surface area contributed by atoms with Crippen molar-refractivity contribution in [3.8, 4) is 40.2 Å². The summed E-state index contributed by atoms with van der Waals surface area (Å²) >= 11 is 0. The zero-order chi connectivity index (χ0) is 35.2. The summed E-state index contributed by atoms with van der Waals surface area (Å²) in [5.41, 5.74) is 2.23. The number of carbonyl (C=O) groups excluding carboxylic acids is 1. The van der Waals surface area contributed by atoms with Gasteiger partial charge in [0.25, 0.3) is 5.91 Å². The van der Waals surface area contributed by atoms with Gasteiger partial charge in [-0.2, -0.15) is 0 Å². The number of rotatable bonds is 12. The lowest BCUT2D eigenvalue weighted by atomic mass is 9.96. The van der Waals surface area contributed by atoms with E-state index in [0.29, 0.717) is 51.7 Å². The van der Waals surface area contributed by atoms with E-state index in [9.17, 15) is 9.90 Å². The number of ether oxygens (including phenoxy) is 5. The second-order valence-electron chi connectivity index (χ2n) is 11.8. The average molecular weight is 663 g/mol. The fraction of sp³-hybridized carbons (Fsp3) is 0.487. The number of phenols is 1. The normalized spacial score (nSPS) is 15.7. The van der Waals surface area contributed by atoms with Gasteiger partial charge in [-0.3, -0.25) is 9.79 Å². The lowest BCUT2D eigenvalue weighted by Gasteiger charge is -2.26. The van der Waals surface area contributed by atoms with E-state index >= 15 is 0 Å². The van der Waals surface area contributed by atoms with E-state index in [4.69, 9.17) is 23.7 Å². The van der Waals surface area contributed by atoms with E-state index in [0.717, 1.165) is 50.6 Å². The van der Waals surface area contributed by atoms with Crippen molar-refractivity contribution in [2.24, 2.45) is 10.9 Å². The number of methoxy groups -OCH3 is 3. The van der Waals surface area contributed by atoms with Crippen molar-refractivity contribution >= 4 is 17.8 Å². The van der Waals surface area contributed by atoms with Gasteiger partial charge in [-0.1, -0.05) is 53.5 Å². The molecule has 1 fully saturated rings. The number of fused-ring (bicyclic) bond motifs is 2. The van der Waals surface area contributed by atoms with Crippen LogP contribution in [0.1, 0.15) is 89.1 Å². The Morgan fingerprint density at radius 3 is 2.23 bits per heavy atom. The van der Waals surface area contributed by atoms with Crippen LogP contribution in [0.3, 0.4) is 0 Å². The molecule has 0 aromatic heterocycles. The molecule has 0 saturated carbocycles. The van der Waals surface area contributed by atoms with Crippen molar-refractivity contribution in [1.29, 1.82) is 0 Å². The van der Waals surface area contributed by atoms with Crippen LogP contribution in [0.25, 0.3) is 0 Å². The Hall–Kier alpha value is -4.40. The summed E-state index contributed by atoms with van der Waals surface area (Å²) in [5.74, 6) is 4.43. The van der Waals surface area contributed by atoms with Crippen molar-refractivity contribution in [1.82, 2.24) is 4.90 Å². The molecule has 2 heterocycles. The molecule has 3 aromatic carbocycles. The number of carbonyl (C=O) groups is 1.